The fourth-order valence-electron chi connectivity index (χ4n) is 1.77. The summed E-state index contributed by atoms with van der Waals surface area (Å²) in [6.45, 7) is 10.2. The van der Waals surface area contributed by atoms with Crippen LogP contribution in [-0.2, 0) is 6.42 Å². The zero-order valence-corrected chi connectivity index (χ0v) is 10.2. The van der Waals surface area contributed by atoms with E-state index in [9.17, 15) is 0 Å². The molecule has 84 valence electrons. The van der Waals surface area contributed by atoms with E-state index >= 15 is 0 Å². The van der Waals surface area contributed by atoms with Gasteiger partial charge in [0.15, 0.2) is 0 Å². The van der Waals surface area contributed by atoms with E-state index in [-0.39, 0.29) is 0 Å². The summed E-state index contributed by atoms with van der Waals surface area (Å²) in [5, 5.41) is 3.40. The average Bonchev–Trinajstić information content (AvgIpc) is 2.44. The molecule has 3 nitrogen and oxygen atoms in total. The molecule has 1 aromatic rings. The topological polar surface area (TPSA) is 37.8 Å². The third-order valence-corrected chi connectivity index (χ3v) is 2.51. The first-order valence-electron chi connectivity index (χ1n) is 5.80. The number of aryl methyl sites for hydroxylation is 1. The van der Waals surface area contributed by atoms with Crippen molar-refractivity contribution in [3.05, 3.63) is 23.3 Å². The molecule has 15 heavy (non-hydrogen) atoms. The van der Waals surface area contributed by atoms with E-state index in [2.05, 4.69) is 22.2 Å². The zero-order chi connectivity index (χ0) is 11.3. The Morgan fingerprint density at radius 2 is 2.13 bits per heavy atom. The molecule has 1 aliphatic heterocycles. The van der Waals surface area contributed by atoms with Crippen LogP contribution in [0.3, 0.4) is 0 Å². The number of hydrogen-bond acceptors (Lipinski definition) is 3. The van der Waals surface area contributed by atoms with Crippen LogP contribution in [0.5, 0.6) is 0 Å². The molecule has 0 aromatic carbocycles. The fourth-order valence-corrected chi connectivity index (χ4v) is 1.77. The second kappa shape index (κ2) is 5.81. The largest absolute Gasteiger partial charge is 0.316 e. The van der Waals surface area contributed by atoms with Crippen LogP contribution in [0.2, 0.25) is 0 Å². The van der Waals surface area contributed by atoms with E-state index in [1.165, 1.54) is 11.3 Å². The van der Waals surface area contributed by atoms with Crippen molar-refractivity contribution in [2.45, 2.75) is 40.0 Å². The lowest BCUT2D eigenvalue weighted by Gasteiger charge is -2.10. The van der Waals surface area contributed by atoms with E-state index in [0.29, 0.717) is 5.92 Å². The third-order valence-electron chi connectivity index (χ3n) is 2.51. The minimum Gasteiger partial charge on any atom is -0.316 e. The smallest absolute Gasteiger partial charge is 0.125 e. The van der Waals surface area contributed by atoms with Crippen molar-refractivity contribution in [1.82, 2.24) is 15.3 Å². The summed E-state index contributed by atoms with van der Waals surface area (Å²) in [6.07, 6.45) is 3.03. The predicted octanol–water partition coefficient (Wildman–Crippen LogP) is 2.06. The molecule has 0 saturated carbocycles. The summed E-state index contributed by atoms with van der Waals surface area (Å²) in [4.78, 5) is 8.73. The standard InChI is InChI=1S/C10H15N3.C2H6/c1-7-5-11-4-3-9-6-12-8(2)13-10(7)9;1-2/h6-7,11H,3-5H2,1-2H3;1-2H3. The first-order chi connectivity index (χ1) is 7.27. The summed E-state index contributed by atoms with van der Waals surface area (Å²) < 4.78 is 0. The fraction of sp³-hybridized carbons (Fsp3) is 0.667. The van der Waals surface area contributed by atoms with Gasteiger partial charge in [-0.05, 0) is 25.5 Å². The van der Waals surface area contributed by atoms with Crippen molar-refractivity contribution in [1.29, 1.82) is 0 Å². The molecule has 1 unspecified atom stereocenters. The second-order valence-corrected chi connectivity index (χ2v) is 3.68. The molecule has 1 aliphatic rings. The van der Waals surface area contributed by atoms with Crippen LogP contribution in [0.1, 0.15) is 43.8 Å². The van der Waals surface area contributed by atoms with Gasteiger partial charge >= 0.3 is 0 Å². The molecule has 0 radical (unpaired) electrons. The van der Waals surface area contributed by atoms with Crippen LogP contribution >= 0.6 is 0 Å². The third kappa shape index (κ3) is 2.99. The predicted molar refractivity (Wildman–Crippen MR) is 63.1 cm³/mol. The normalized spacial score (nSPS) is 19.6. The molecular weight excluding hydrogens is 186 g/mol. The van der Waals surface area contributed by atoms with Crippen molar-refractivity contribution in [2.24, 2.45) is 0 Å². The van der Waals surface area contributed by atoms with Crippen molar-refractivity contribution in [3.63, 3.8) is 0 Å². The molecule has 2 heterocycles. The summed E-state index contributed by atoms with van der Waals surface area (Å²) in [6, 6.07) is 0. The lowest BCUT2D eigenvalue weighted by atomic mass is 10.0. The van der Waals surface area contributed by atoms with Crippen LogP contribution in [0.25, 0.3) is 0 Å². The quantitative estimate of drug-likeness (QED) is 0.707. The van der Waals surface area contributed by atoms with Gasteiger partial charge in [-0.2, -0.15) is 0 Å². The lowest BCUT2D eigenvalue weighted by molar-refractivity contribution is 0.634. The van der Waals surface area contributed by atoms with Crippen molar-refractivity contribution in [3.8, 4) is 0 Å². The van der Waals surface area contributed by atoms with Gasteiger partial charge in [-0.15, -0.1) is 0 Å². The number of nitrogens with one attached hydrogen (secondary N) is 1. The minimum absolute atomic E-state index is 0.513. The van der Waals surface area contributed by atoms with Gasteiger partial charge in [-0.1, -0.05) is 20.8 Å². The Morgan fingerprint density at radius 3 is 2.87 bits per heavy atom. The maximum absolute atomic E-state index is 4.50. The van der Waals surface area contributed by atoms with E-state index in [1.54, 1.807) is 0 Å². The van der Waals surface area contributed by atoms with Crippen LogP contribution in [0, 0.1) is 6.92 Å². The first kappa shape index (κ1) is 12.1. The van der Waals surface area contributed by atoms with Gasteiger partial charge in [-0.3, -0.25) is 0 Å². The van der Waals surface area contributed by atoms with Crippen LogP contribution < -0.4 is 5.32 Å². The summed E-state index contributed by atoms with van der Waals surface area (Å²) in [7, 11) is 0. The number of nitrogens with zero attached hydrogens (tertiary/aromatic N) is 2. The number of aromatic nitrogens is 2. The van der Waals surface area contributed by atoms with Crippen molar-refractivity contribution >= 4 is 0 Å². The Labute approximate surface area is 92.3 Å². The highest BCUT2D eigenvalue weighted by molar-refractivity contribution is 5.23. The number of fused-ring (bicyclic) bond motifs is 1. The van der Waals surface area contributed by atoms with Crippen molar-refractivity contribution in [2.75, 3.05) is 13.1 Å². The zero-order valence-electron chi connectivity index (χ0n) is 10.2. The molecule has 1 aromatic heterocycles. The summed E-state index contributed by atoms with van der Waals surface area (Å²) in [5.74, 6) is 1.40. The van der Waals surface area contributed by atoms with Crippen LogP contribution in [0.4, 0.5) is 0 Å². The number of hydrogen-bond donors (Lipinski definition) is 1. The van der Waals surface area contributed by atoms with Gasteiger partial charge in [-0.25, -0.2) is 9.97 Å². The van der Waals surface area contributed by atoms with Gasteiger partial charge in [0, 0.05) is 18.7 Å². The highest BCUT2D eigenvalue weighted by atomic mass is 14.9. The minimum atomic E-state index is 0.513. The monoisotopic (exact) mass is 207 g/mol. The summed E-state index contributed by atoms with van der Waals surface area (Å²) >= 11 is 0. The van der Waals surface area contributed by atoms with Gasteiger partial charge in [0.1, 0.15) is 5.82 Å². The maximum Gasteiger partial charge on any atom is 0.125 e. The van der Waals surface area contributed by atoms with Crippen molar-refractivity contribution < 1.29 is 0 Å². The Bertz CT molecular complexity index is 310. The lowest BCUT2D eigenvalue weighted by Crippen LogP contribution is -2.18. The first-order valence-corrected chi connectivity index (χ1v) is 5.80. The average molecular weight is 207 g/mol. The summed E-state index contributed by atoms with van der Waals surface area (Å²) in [5.41, 5.74) is 2.54. The van der Waals surface area contributed by atoms with E-state index in [0.717, 1.165) is 25.3 Å². The molecule has 0 spiro atoms. The van der Waals surface area contributed by atoms with E-state index in [1.807, 2.05) is 27.0 Å². The molecule has 0 saturated heterocycles. The van der Waals surface area contributed by atoms with Gasteiger partial charge < -0.3 is 5.32 Å². The Balaban J connectivity index is 0.000000531. The van der Waals surface area contributed by atoms with Crippen LogP contribution in [0.15, 0.2) is 6.20 Å². The van der Waals surface area contributed by atoms with E-state index < -0.39 is 0 Å². The van der Waals surface area contributed by atoms with Gasteiger partial charge in [0.25, 0.3) is 0 Å². The van der Waals surface area contributed by atoms with E-state index in [4.69, 9.17) is 0 Å². The Kier molecular flexibility index (Phi) is 4.69. The molecule has 2 rings (SSSR count). The van der Waals surface area contributed by atoms with Crippen LogP contribution in [-0.4, -0.2) is 23.1 Å². The molecular formula is C12H21N3. The molecule has 0 bridgehead atoms. The van der Waals surface area contributed by atoms with Gasteiger partial charge in [0.05, 0.1) is 5.69 Å². The highest BCUT2D eigenvalue weighted by Crippen LogP contribution is 2.19. The Morgan fingerprint density at radius 1 is 1.40 bits per heavy atom. The Hall–Kier alpha value is -0.960. The molecule has 0 aliphatic carbocycles. The molecule has 1 atom stereocenters. The SMILES string of the molecule is CC.Cc1ncc2c(n1)C(C)CNCC2. The maximum atomic E-state index is 4.50. The molecule has 0 amide bonds. The van der Waals surface area contributed by atoms with Gasteiger partial charge in [0.2, 0.25) is 0 Å². The molecule has 1 N–H and O–H groups in total. The number of rotatable bonds is 0. The molecule has 3 heteroatoms. The second-order valence-electron chi connectivity index (χ2n) is 3.68. The highest BCUT2D eigenvalue weighted by Gasteiger charge is 2.15. The molecule has 0 fully saturated rings.